The SMILES string of the molecule is C=CCn1c(Cc2cccc3ccccc23)nc2ccccc21. The first-order chi connectivity index (χ1) is 11.4. The summed E-state index contributed by atoms with van der Waals surface area (Å²) in [7, 11) is 0. The second-order valence-corrected chi connectivity index (χ2v) is 5.73. The molecule has 0 saturated heterocycles. The number of benzene rings is 3. The number of para-hydroxylation sites is 2. The van der Waals surface area contributed by atoms with Gasteiger partial charge in [-0.05, 0) is 28.5 Å². The molecule has 0 amide bonds. The minimum Gasteiger partial charge on any atom is -0.324 e. The molecule has 0 unspecified atom stereocenters. The van der Waals surface area contributed by atoms with Crippen LogP contribution in [0.4, 0.5) is 0 Å². The molecular weight excluding hydrogens is 280 g/mol. The minimum absolute atomic E-state index is 0.778. The molecule has 0 aliphatic carbocycles. The molecule has 1 heterocycles. The van der Waals surface area contributed by atoms with E-state index in [0.717, 1.165) is 24.3 Å². The zero-order valence-electron chi connectivity index (χ0n) is 12.9. The highest BCUT2D eigenvalue weighted by Gasteiger charge is 2.11. The quantitative estimate of drug-likeness (QED) is 0.487. The van der Waals surface area contributed by atoms with Gasteiger partial charge in [0.15, 0.2) is 0 Å². The third kappa shape index (κ3) is 2.42. The molecule has 4 rings (SSSR count). The van der Waals surface area contributed by atoms with Crippen molar-refractivity contribution in [3.8, 4) is 0 Å². The van der Waals surface area contributed by atoms with Crippen molar-refractivity contribution in [3.05, 3.63) is 90.8 Å². The van der Waals surface area contributed by atoms with Gasteiger partial charge >= 0.3 is 0 Å². The zero-order chi connectivity index (χ0) is 15.6. The molecule has 0 fully saturated rings. The second kappa shape index (κ2) is 5.73. The molecule has 0 aliphatic rings. The number of imidazole rings is 1. The first kappa shape index (κ1) is 13.8. The van der Waals surface area contributed by atoms with Crippen LogP contribution in [0.1, 0.15) is 11.4 Å². The molecule has 2 nitrogen and oxygen atoms in total. The largest absolute Gasteiger partial charge is 0.324 e. The van der Waals surface area contributed by atoms with Crippen LogP contribution in [-0.2, 0) is 13.0 Å². The highest BCUT2D eigenvalue weighted by molar-refractivity contribution is 5.86. The minimum atomic E-state index is 0.778. The van der Waals surface area contributed by atoms with Gasteiger partial charge in [-0.25, -0.2) is 4.98 Å². The van der Waals surface area contributed by atoms with Crippen molar-refractivity contribution in [3.63, 3.8) is 0 Å². The van der Waals surface area contributed by atoms with Crippen molar-refractivity contribution in [1.82, 2.24) is 9.55 Å². The number of aromatic nitrogens is 2. The Labute approximate surface area is 135 Å². The monoisotopic (exact) mass is 298 g/mol. The fourth-order valence-corrected chi connectivity index (χ4v) is 3.21. The maximum absolute atomic E-state index is 4.85. The van der Waals surface area contributed by atoms with E-state index in [4.69, 9.17) is 4.98 Å². The predicted octanol–water partition coefficient (Wildman–Crippen LogP) is 4.97. The Morgan fingerprint density at radius 1 is 0.913 bits per heavy atom. The van der Waals surface area contributed by atoms with Crippen molar-refractivity contribution >= 4 is 21.8 Å². The first-order valence-corrected chi connectivity index (χ1v) is 7.88. The number of hydrogen-bond acceptors (Lipinski definition) is 1. The summed E-state index contributed by atoms with van der Waals surface area (Å²) < 4.78 is 2.25. The lowest BCUT2D eigenvalue weighted by atomic mass is 10.0. The van der Waals surface area contributed by atoms with Gasteiger partial charge in [0.1, 0.15) is 5.82 Å². The smallest absolute Gasteiger partial charge is 0.114 e. The number of nitrogens with zero attached hydrogens (tertiary/aromatic N) is 2. The molecule has 23 heavy (non-hydrogen) atoms. The van der Waals surface area contributed by atoms with Gasteiger partial charge in [0.05, 0.1) is 11.0 Å². The van der Waals surface area contributed by atoms with Crippen LogP contribution in [-0.4, -0.2) is 9.55 Å². The van der Waals surface area contributed by atoms with Crippen molar-refractivity contribution < 1.29 is 0 Å². The number of rotatable bonds is 4. The fourth-order valence-electron chi connectivity index (χ4n) is 3.21. The lowest BCUT2D eigenvalue weighted by Gasteiger charge is -2.09. The standard InChI is InChI=1S/C21H18N2/c1-2-14-23-20-13-6-5-12-19(20)22-21(23)15-17-10-7-9-16-8-3-4-11-18(16)17/h2-13H,1,14-15H2. The van der Waals surface area contributed by atoms with Gasteiger partial charge in [0.25, 0.3) is 0 Å². The Morgan fingerprint density at radius 2 is 1.70 bits per heavy atom. The van der Waals surface area contributed by atoms with Gasteiger partial charge in [-0.15, -0.1) is 6.58 Å². The summed E-state index contributed by atoms with van der Waals surface area (Å²) in [6.45, 7) is 4.67. The number of fused-ring (bicyclic) bond motifs is 2. The Balaban J connectivity index is 1.86. The van der Waals surface area contributed by atoms with Crippen LogP contribution < -0.4 is 0 Å². The van der Waals surface area contributed by atoms with Crippen molar-refractivity contribution in [2.75, 3.05) is 0 Å². The third-order valence-electron chi connectivity index (χ3n) is 4.27. The number of allylic oxidation sites excluding steroid dienone is 1. The highest BCUT2D eigenvalue weighted by Crippen LogP contribution is 2.23. The topological polar surface area (TPSA) is 17.8 Å². The van der Waals surface area contributed by atoms with Crippen LogP contribution >= 0.6 is 0 Å². The highest BCUT2D eigenvalue weighted by atomic mass is 15.1. The lowest BCUT2D eigenvalue weighted by molar-refractivity contribution is 0.782. The maximum atomic E-state index is 4.85. The molecule has 1 aromatic heterocycles. The predicted molar refractivity (Wildman–Crippen MR) is 96.7 cm³/mol. The van der Waals surface area contributed by atoms with Gasteiger partial charge in [-0.3, -0.25) is 0 Å². The van der Waals surface area contributed by atoms with Gasteiger partial charge in [0.2, 0.25) is 0 Å². The summed E-state index contributed by atoms with van der Waals surface area (Å²) >= 11 is 0. The molecular formula is C21H18N2. The number of hydrogen-bond donors (Lipinski definition) is 0. The first-order valence-electron chi connectivity index (χ1n) is 7.88. The van der Waals surface area contributed by atoms with Crippen LogP contribution in [0.25, 0.3) is 21.8 Å². The van der Waals surface area contributed by atoms with Gasteiger partial charge < -0.3 is 4.57 Å². The fraction of sp³-hybridized carbons (Fsp3) is 0.0952. The Bertz CT molecular complexity index is 990. The average Bonchev–Trinajstić information content (AvgIpc) is 2.93. The zero-order valence-corrected chi connectivity index (χ0v) is 12.9. The van der Waals surface area contributed by atoms with E-state index in [-0.39, 0.29) is 0 Å². The summed E-state index contributed by atoms with van der Waals surface area (Å²) in [5.74, 6) is 1.09. The van der Waals surface area contributed by atoms with E-state index < -0.39 is 0 Å². The van der Waals surface area contributed by atoms with Crippen LogP contribution in [0.5, 0.6) is 0 Å². The molecule has 0 aliphatic heterocycles. The summed E-state index contributed by atoms with van der Waals surface area (Å²) in [4.78, 5) is 4.85. The van der Waals surface area contributed by atoms with E-state index in [1.165, 1.54) is 21.9 Å². The normalized spacial score (nSPS) is 11.1. The summed E-state index contributed by atoms with van der Waals surface area (Å²) in [6, 6.07) is 23.3. The van der Waals surface area contributed by atoms with E-state index in [1.807, 2.05) is 12.1 Å². The van der Waals surface area contributed by atoms with Crippen molar-refractivity contribution in [2.24, 2.45) is 0 Å². The van der Waals surface area contributed by atoms with Crippen LogP contribution in [0.2, 0.25) is 0 Å². The molecule has 0 spiro atoms. The molecule has 0 N–H and O–H groups in total. The molecule has 0 bridgehead atoms. The molecule has 2 heteroatoms. The van der Waals surface area contributed by atoms with Gasteiger partial charge in [0, 0.05) is 13.0 Å². The maximum Gasteiger partial charge on any atom is 0.114 e. The van der Waals surface area contributed by atoms with E-state index in [2.05, 4.69) is 71.8 Å². The van der Waals surface area contributed by atoms with E-state index >= 15 is 0 Å². The van der Waals surface area contributed by atoms with E-state index in [1.54, 1.807) is 0 Å². The molecule has 0 atom stereocenters. The Hall–Kier alpha value is -2.87. The van der Waals surface area contributed by atoms with Gasteiger partial charge in [-0.1, -0.05) is 60.7 Å². The van der Waals surface area contributed by atoms with Crippen LogP contribution in [0.3, 0.4) is 0 Å². The second-order valence-electron chi connectivity index (χ2n) is 5.73. The summed E-state index contributed by atoms with van der Waals surface area (Å²) in [5.41, 5.74) is 3.52. The summed E-state index contributed by atoms with van der Waals surface area (Å²) in [6.07, 6.45) is 2.75. The summed E-state index contributed by atoms with van der Waals surface area (Å²) in [5, 5.41) is 2.57. The third-order valence-corrected chi connectivity index (χ3v) is 4.27. The van der Waals surface area contributed by atoms with Crippen molar-refractivity contribution in [2.45, 2.75) is 13.0 Å². The Kier molecular flexibility index (Phi) is 3.43. The van der Waals surface area contributed by atoms with E-state index in [9.17, 15) is 0 Å². The molecule has 4 aromatic rings. The van der Waals surface area contributed by atoms with E-state index in [0.29, 0.717) is 0 Å². The van der Waals surface area contributed by atoms with Gasteiger partial charge in [-0.2, -0.15) is 0 Å². The molecule has 0 radical (unpaired) electrons. The molecule has 3 aromatic carbocycles. The van der Waals surface area contributed by atoms with Crippen molar-refractivity contribution in [1.29, 1.82) is 0 Å². The Morgan fingerprint density at radius 3 is 2.61 bits per heavy atom. The van der Waals surface area contributed by atoms with Crippen LogP contribution in [0, 0.1) is 0 Å². The molecule has 0 saturated carbocycles. The average molecular weight is 298 g/mol. The molecule has 112 valence electrons. The lowest BCUT2D eigenvalue weighted by Crippen LogP contribution is -2.03. The van der Waals surface area contributed by atoms with Crippen LogP contribution in [0.15, 0.2) is 79.4 Å².